The van der Waals surface area contributed by atoms with Gasteiger partial charge in [0.1, 0.15) is 21.6 Å². The molecule has 0 saturated carbocycles. The second-order valence-electron chi connectivity index (χ2n) is 14.3. The van der Waals surface area contributed by atoms with Gasteiger partial charge in [0.2, 0.25) is 0 Å². The SMILES string of the molecule is Cc1c(N)c(Nc2ccc(S(=O)(=O)O)cc2)nc(Nc2ccc(S(=O)(=O)O)cc2)c1C#N.Nc1nc(-c2ccc3ccccc3c2)c(N=Nc2cc(S(=O)(=O)O)c3cccc(S(=O)(=O)O)c3c2)s1. The highest BCUT2D eigenvalue weighted by Gasteiger charge is 2.22. The minimum atomic E-state index is -4.77. The van der Waals surface area contributed by atoms with Gasteiger partial charge in [0.15, 0.2) is 21.8 Å². The fourth-order valence-electron chi connectivity index (χ4n) is 6.56. The molecule has 68 heavy (non-hydrogen) atoms. The first-order valence-corrected chi connectivity index (χ1v) is 25.6. The third kappa shape index (κ3) is 10.9. The first-order chi connectivity index (χ1) is 31.9. The highest BCUT2D eigenvalue weighted by molar-refractivity contribution is 7.86. The molecule has 0 unspecified atom stereocenters. The van der Waals surface area contributed by atoms with Crippen molar-refractivity contribution >= 4 is 118 Å². The number of hydrogen-bond acceptors (Lipinski definition) is 18. The van der Waals surface area contributed by atoms with Crippen LogP contribution in [0.15, 0.2) is 151 Å². The molecule has 21 nitrogen and oxygen atoms in total. The van der Waals surface area contributed by atoms with E-state index in [1.54, 1.807) is 6.92 Å². The molecule has 0 saturated heterocycles. The summed E-state index contributed by atoms with van der Waals surface area (Å²) in [6, 6.07) is 31.8. The molecule has 26 heteroatoms. The number of fused-ring (bicyclic) bond motifs is 2. The van der Waals surface area contributed by atoms with Crippen LogP contribution in [0.25, 0.3) is 32.8 Å². The molecule has 8 aromatic rings. The standard InChI is InChI=1S/C23H16N4O6S3.C19H17N5O6S2/c24-23-25-21(15-9-8-13-4-1-2-5-14(13)10-15)22(34-23)27-26-16-11-18-17(20(12-16)36(31,32)33)6-3-7-19(18)35(28,29)30;1-11-16(10-20)18(22-12-2-6-14(7-3-12)31(25,26)27)24-19(17(11)21)23-13-4-8-15(9-5-13)32(28,29)30/h1-12H,(H2,24,25)(H,28,29,30)(H,31,32,33);2-9H,21H2,1H3,(H2,22,23,24)(H,25,26,27)(H,28,29,30). The van der Waals surface area contributed by atoms with E-state index in [0.29, 0.717) is 27.6 Å². The quantitative estimate of drug-likeness (QED) is 0.0445. The molecule has 0 amide bonds. The van der Waals surface area contributed by atoms with E-state index in [2.05, 4.69) is 30.8 Å². The van der Waals surface area contributed by atoms with E-state index >= 15 is 0 Å². The Kier molecular flexibility index (Phi) is 13.3. The molecule has 0 spiro atoms. The second kappa shape index (κ2) is 18.7. The van der Waals surface area contributed by atoms with Crippen molar-refractivity contribution in [2.75, 3.05) is 22.1 Å². The Bertz CT molecular complexity index is 3850. The van der Waals surface area contributed by atoms with Gasteiger partial charge in [0.25, 0.3) is 40.5 Å². The molecule has 0 aliphatic rings. The normalized spacial score (nSPS) is 12.1. The Balaban J connectivity index is 0.000000203. The number of nitrogen functional groups attached to an aromatic ring is 2. The van der Waals surface area contributed by atoms with Crippen molar-refractivity contribution in [3.05, 3.63) is 132 Å². The molecule has 8 rings (SSSR count). The Morgan fingerprint density at radius 3 is 1.74 bits per heavy atom. The number of nitriles is 1. The van der Waals surface area contributed by atoms with Gasteiger partial charge < -0.3 is 22.1 Å². The van der Waals surface area contributed by atoms with Crippen molar-refractivity contribution in [1.82, 2.24) is 9.97 Å². The van der Waals surface area contributed by atoms with Crippen LogP contribution >= 0.6 is 11.3 Å². The number of anilines is 6. The van der Waals surface area contributed by atoms with Gasteiger partial charge in [-0.1, -0.05) is 59.9 Å². The molecule has 0 aliphatic heterocycles. The van der Waals surface area contributed by atoms with E-state index in [-0.39, 0.29) is 54.3 Å². The van der Waals surface area contributed by atoms with E-state index in [0.717, 1.165) is 39.8 Å². The number of aromatic nitrogens is 2. The van der Waals surface area contributed by atoms with Crippen molar-refractivity contribution in [2.45, 2.75) is 26.5 Å². The molecule has 10 N–H and O–H groups in total. The van der Waals surface area contributed by atoms with E-state index < -0.39 is 50.3 Å². The lowest BCUT2D eigenvalue weighted by Crippen LogP contribution is -2.08. The summed E-state index contributed by atoms with van der Waals surface area (Å²) >= 11 is 1.06. The number of nitrogens with two attached hydrogens (primary N) is 2. The third-order valence-electron chi connectivity index (χ3n) is 9.80. The van der Waals surface area contributed by atoms with Gasteiger partial charge in [0, 0.05) is 27.7 Å². The topological polar surface area (TPSA) is 368 Å². The van der Waals surface area contributed by atoms with Crippen molar-refractivity contribution in [1.29, 1.82) is 5.26 Å². The lowest BCUT2D eigenvalue weighted by Gasteiger charge is -2.16. The van der Waals surface area contributed by atoms with Crippen LogP contribution in [0.5, 0.6) is 0 Å². The molecule has 348 valence electrons. The van der Waals surface area contributed by atoms with Gasteiger partial charge in [-0.15, -0.1) is 10.2 Å². The average Bonchev–Trinajstić information content (AvgIpc) is 3.66. The van der Waals surface area contributed by atoms with E-state index in [4.69, 9.17) is 20.6 Å². The summed E-state index contributed by atoms with van der Waals surface area (Å²) in [6.45, 7) is 1.62. The molecule has 0 radical (unpaired) electrons. The summed E-state index contributed by atoms with van der Waals surface area (Å²) in [5, 5.41) is 26.0. The molecule has 0 aliphatic carbocycles. The molecule has 6 aromatic carbocycles. The molecule has 2 aromatic heterocycles. The summed E-state index contributed by atoms with van der Waals surface area (Å²) in [5.74, 6) is 0.314. The number of nitrogens with zero attached hydrogens (tertiary/aromatic N) is 5. The number of azo groups is 1. The first-order valence-electron chi connectivity index (χ1n) is 19.0. The van der Waals surface area contributed by atoms with Gasteiger partial charge in [-0.05, 0) is 96.1 Å². The highest BCUT2D eigenvalue weighted by atomic mass is 32.2. The van der Waals surface area contributed by atoms with Gasteiger partial charge in [-0.25, -0.2) is 9.97 Å². The molecule has 0 bridgehead atoms. The third-order valence-corrected chi connectivity index (χ3v) is 14.1. The van der Waals surface area contributed by atoms with Crippen LogP contribution in [0.1, 0.15) is 11.1 Å². The minimum absolute atomic E-state index is 0.0809. The van der Waals surface area contributed by atoms with Crippen molar-refractivity contribution in [2.24, 2.45) is 10.2 Å². The average molecular weight is 1020 g/mol. The Hall–Kier alpha value is -7.45. The molecular formula is C42H33N9O12S5. The number of rotatable bonds is 11. The van der Waals surface area contributed by atoms with Crippen LogP contribution < -0.4 is 22.1 Å². The summed E-state index contributed by atoms with van der Waals surface area (Å²) in [6.07, 6.45) is 0. The zero-order chi connectivity index (χ0) is 49.3. The van der Waals surface area contributed by atoms with E-state index in [1.165, 1.54) is 66.7 Å². The van der Waals surface area contributed by atoms with Gasteiger partial charge in [0.05, 0.1) is 26.7 Å². The van der Waals surface area contributed by atoms with Gasteiger partial charge in [-0.3, -0.25) is 18.2 Å². The van der Waals surface area contributed by atoms with Gasteiger partial charge in [-0.2, -0.15) is 38.9 Å². The molecular weight excluding hydrogens is 983 g/mol. The van der Waals surface area contributed by atoms with E-state index in [9.17, 15) is 48.0 Å². The number of pyridine rings is 1. The number of nitrogens with one attached hydrogen (secondary N) is 2. The number of hydrogen-bond donors (Lipinski definition) is 8. The highest BCUT2D eigenvalue weighted by Crippen LogP contribution is 2.40. The molecule has 0 fully saturated rings. The molecule has 2 heterocycles. The molecule has 0 atom stereocenters. The number of thiazole rings is 1. The maximum absolute atomic E-state index is 12.0. The van der Waals surface area contributed by atoms with E-state index in [1.807, 2.05) is 48.5 Å². The lowest BCUT2D eigenvalue weighted by molar-refractivity contribution is 0.481. The van der Waals surface area contributed by atoms with Crippen LogP contribution in [0.3, 0.4) is 0 Å². The summed E-state index contributed by atoms with van der Waals surface area (Å²) in [4.78, 5) is 6.98. The smallest absolute Gasteiger partial charge is 0.295 e. The van der Waals surface area contributed by atoms with Crippen LogP contribution in [0, 0.1) is 18.3 Å². The zero-order valence-corrected chi connectivity index (χ0v) is 38.6. The van der Waals surface area contributed by atoms with Crippen LogP contribution in [0.2, 0.25) is 0 Å². The first kappa shape index (κ1) is 48.5. The van der Waals surface area contributed by atoms with Crippen molar-refractivity contribution < 1.29 is 51.9 Å². The van der Waals surface area contributed by atoms with Crippen LogP contribution in [-0.2, 0) is 40.5 Å². The Morgan fingerprint density at radius 2 is 1.18 bits per heavy atom. The van der Waals surface area contributed by atoms with Crippen LogP contribution in [-0.4, -0.2) is 61.9 Å². The fourth-order valence-corrected chi connectivity index (χ4v) is 9.62. The maximum atomic E-state index is 12.0. The van der Waals surface area contributed by atoms with Gasteiger partial charge >= 0.3 is 0 Å². The summed E-state index contributed by atoms with van der Waals surface area (Å²) in [5.41, 5.74) is 14.7. The minimum Gasteiger partial charge on any atom is -0.395 e. The fraction of sp³-hybridized carbons (Fsp3) is 0.0238. The second-order valence-corrected chi connectivity index (χ2v) is 20.9. The Labute approximate surface area is 391 Å². The summed E-state index contributed by atoms with van der Waals surface area (Å²) in [7, 11) is -18.2. The number of benzene rings is 6. The van der Waals surface area contributed by atoms with Crippen molar-refractivity contribution in [3.63, 3.8) is 0 Å². The predicted molar refractivity (Wildman–Crippen MR) is 254 cm³/mol. The van der Waals surface area contributed by atoms with Crippen LogP contribution in [0.4, 0.5) is 44.5 Å². The zero-order valence-electron chi connectivity index (χ0n) is 34.5. The predicted octanol–water partition coefficient (Wildman–Crippen LogP) is 8.43. The Morgan fingerprint density at radius 1 is 0.603 bits per heavy atom. The van der Waals surface area contributed by atoms with Crippen molar-refractivity contribution in [3.8, 4) is 17.3 Å². The maximum Gasteiger partial charge on any atom is 0.295 e. The summed E-state index contributed by atoms with van der Waals surface area (Å²) < 4.78 is 130. The monoisotopic (exact) mass is 1020 g/mol. The largest absolute Gasteiger partial charge is 0.395 e. The lowest BCUT2D eigenvalue weighted by atomic mass is 10.1.